The van der Waals surface area contributed by atoms with Crippen molar-refractivity contribution in [3.8, 4) is 16.9 Å². The van der Waals surface area contributed by atoms with Gasteiger partial charge in [0, 0.05) is 5.56 Å². The monoisotopic (exact) mass is 292 g/mol. The van der Waals surface area contributed by atoms with Gasteiger partial charge in [0.2, 0.25) is 0 Å². The maximum absolute atomic E-state index is 13.8. The van der Waals surface area contributed by atoms with Crippen molar-refractivity contribution in [3.63, 3.8) is 0 Å². The van der Waals surface area contributed by atoms with Gasteiger partial charge in [-0.1, -0.05) is 0 Å². The minimum absolute atomic E-state index is 0.0108. The van der Waals surface area contributed by atoms with E-state index >= 15 is 0 Å². The summed E-state index contributed by atoms with van der Waals surface area (Å²) in [4.78, 5) is 17.8. The van der Waals surface area contributed by atoms with E-state index < -0.39 is 23.0 Å². The molecule has 0 bridgehead atoms. The fraction of sp³-hybridized carbons (Fsp3) is 0. The van der Waals surface area contributed by atoms with Crippen LogP contribution in [-0.4, -0.2) is 15.1 Å². The summed E-state index contributed by atoms with van der Waals surface area (Å²) in [6.45, 7) is 0. The summed E-state index contributed by atoms with van der Waals surface area (Å²) >= 11 is 0. The van der Waals surface area contributed by atoms with E-state index in [2.05, 4.69) is 9.97 Å². The van der Waals surface area contributed by atoms with Gasteiger partial charge in [0.25, 0.3) is 5.56 Å². The van der Waals surface area contributed by atoms with Crippen LogP contribution >= 0.6 is 0 Å². The Morgan fingerprint density at radius 1 is 1.10 bits per heavy atom. The molecule has 0 aliphatic rings. The Morgan fingerprint density at radius 3 is 2.62 bits per heavy atom. The van der Waals surface area contributed by atoms with Crippen molar-refractivity contribution in [2.24, 2.45) is 0 Å². The summed E-state index contributed by atoms with van der Waals surface area (Å²) < 4.78 is 40.0. The molecule has 2 aromatic carbocycles. The van der Waals surface area contributed by atoms with Crippen molar-refractivity contribution in [1.29, 1.82) is 0 Å². The van der Waals surface area contributed by atoms with Gasteiger partial charge < -0.3 is 10.1 Å². The van der Waals surface area contributed by atoms with E-state index in [4.69, 9.17) is 0 Å². The molecule has 21 heavy (non-hydrogen) atoms. The van der Waals surface area contributed by atoms with Crippen molar-refractivity contribution in [3.05, 3.63) is 58.4 Å². The minimum atomic E-state index is -1.62. The van der Waals surface area contributed by atoms with Crippen LogP contribution < -0.4 is 5.56 Å². The molecule has 0 amide bonds. The largest absolute Gasteiger partial charge is 0.506 e. The summed E-state index contributed by atoms with van der Waals surface area (Å²) in [5.41, 5.74) is -0.741. The molecular weight excluding hydrogens is 285 g/mol. The minimum Gasteiger partial charge on any atom is -0.506 e. The smallest absolute Gasteiger partial charge is 0.258 e. The van der Waals surface area contributed by atoms with Crippen LogP contribution in [0.4, 0.5) is 13.2 Å². The number of hydrogen-bond acceptors (Lipinski definition) is 3. The van der Waals surface area contributed by atoms with Crippen LogP contribution in [0, 0.1) is 17.5 Å². The molecule has 7 heteroatoms. The van der Waals surface area contributed by atoms with Gasteiger partial charge in [0.1, 0.15) is 11.3 Å². The number of nitrogens with zero attached hydrogens (tertiary/aromatic N) is 1. The molecule has 2 N–H and O–H groups in total. The second-order valence-corrected chi connectivity index (χ2v) is 4.35. The lowest BCUT2D eigenvalue weighted by Crippen LogP contribution is -2.06. The predicted molar refractivity (Wildman–Crippen MR) is 69.3 cm³/mol. The van der Waals surface area contributed by atoms with Gasteiger partial charge in [-0.05, 0) is 29.8 Å². The number of aromatic hydroxyl groups is 1. The number of rotatable bonds is 1. The Balaban J connectivity index is 2.34. The van der Waals surface area contributed by atoms with Gasteiger partial charge in [-0.2, -0.15) is 0 Å². The van der Waals surface area contributed by atoms with Crippen LogP contribution in [0.3, 0.4) is 0 Å². The second kappa shape index (κ2) is 4.62. The van der Waals surface area contributed by atoms with Crippen molar-refractivity contribution < 1.29 is 18.3 Å². The van der Waals surface area contributed by atoms with Gasteiger partial charge in [0.05, 0.1) is 11.7 Å². The molecule has 106 valence electrons. The quantitative estimate of drug-likeness (QED) is 0.678. The zero-order valence-corrected chi connectivity index (χ0v) is 10.3. The highest BCUT2D eigenvalue weighted by molar-refractivity contribution is 5.88. The molecule has 0 spiro atoms. The number of phenols is 1. The highest BCUT2D eigenvalue weighted by Gasteiger charge is 2.17. The zero-order chi connectivity index (χ0) is 15.1. The van der Waals surface area contributed by atoms with Crippen LogP contribution in [-0.2, 0) is 0 Å². The molecule has 3 aromatic rings. The Bertz CT molecular complexity index is 922. The molecule has 4 nitrogen and oxygen atoms in total. The number of H-pyrrole nitrogens is 1. The fourth-order valence-corrected chi connectivity index (χ4v) is 2.07. The van der Waals surface area contributed by atoms with E-state index in [0.717, 1.165) is 24.5 Å². The first-order valence-corrected chi connectivity index (χ1v) is 5.83. The van der Waals surface area contributed by atoms with E-state index in [9.17, 15) is 23.1 Å². The lowest BCUT2D eigenvalue weighted by atomic mass is 10.0. The van der Waals surface area contributed by atoms with Crippen LogP contribution in [0.2, 0.25) is 0 Å². The van der Waals surface area contributed by atoms with Gasteiger partial charge in [-0.3, -0.25) is 4.79 Å². The number of nitrogens with one attached hydrogen (secondary N) is 1. The van der Waals surface area contributed by atoms with Crippen LogP contribution in [0.5, 0.6) is 5.75 Å². The highest BCUT2D eigenvalue weighted by atomic mass is 19.2. The van der Waals surface area contributed by atoms with Crippen molar-refractivity contribution in [1.82, 2.24) is 9.97 Å². The van der Waals surface area contributed by atoms with Crippen LogP contribution in [0.15, 0.2) is 35.4 Å². The van der Waals surface area contributed by atoms with Crippen molar-refractivity contribution >= 4 is 10.9 Å². The molecule has 0 fully saturated rings. The number of fused-ring (bicyclic) bond motifs is 1. The normalized spacial score (nSPS) is 11.0. The Morgan fingerprint density at radius 2 is 1.86 bits per heavy atom. The lowest BCUT2D eigenvalue weighted by Gasteiger charge is -2.07. The zero-order valence-electron chi connectivity index (χ0n) is 10.3. The van der Waals surface area contributed by atoms with Gasteiger partial charge in [0.15, 0.2) is 17.5 Å². The average molecular weight is 292 g/mol. The summed E-state index contributed by atoms with van der Waals surface area (Å²) in [6, 6.07) is 4.17. The van der Waals surface area contributed by atoms with E-state index in [1.165, 1.54) is 6.07 Å². The number of hydrogen-bond donors (Lipinski definition) is 2. The number of halogens is 3. The van der Waals surface area contributed by atoms with Gasteiger partial charge in [-0.15, -0.1) is 0 Å². The summed E-state index contributed by atoms with van der Waals surface area (Å²) in [5, 5.41) is 9.86. The third-order valence-electron chi connectivity index (χ3n) is 3.07. The summed E-state index contributed by atoms with van der Waals surface area (Å²) in [5.74, 6) is -4.69. The van der Waals surface area contributed by atoms with E-state index in [-0.39, 0.29) is 27.8 Å². The Labute approximate surface area is 115 Å². The molecular formula is C14H7F3N2O2. The van der Waals surface area contributed by atoms with Crippen LogP contribution in [0.1, 0.15) is 0 Å². The molecule has 0 atom stereocenters. The number of benzene rings is 2. The molecule has 0 aliphatic heterocycles. The van der Waals surface area contributed by atoms with E-state index in [0.29, 0.717) is 0 Å². The first-order valence-electron chi connectivity index (χ1n) is 5.83. The summed E-state index contributed by atoms with van der Waals surface area (Å²) in [6.07, 6.45) is 1.11. The molecule has 1 aromatic heterocycles. The third kappa shape index (κ3) is 2.03. The van der Waals surface area contributed by atoms with Crippen LogP contribution in [0.25, 0.3) is 22.0 Å². The number of phenolic OH excluding ortho intramolecular Hbond substituents is 1. The molecule has 0 unspecified atom stereocenters. The van der Waals surface area contributed by atoms with Gasteiger partial charge in [-0.25, -0.2) is 18.2 Å². The Hall–Kier alpha value is -2.83. The third-order valence-corrected chi connectivity index (χ3v) is 3.07. The molecule has 0 saturated carbocycles. The number of aromatic nitrogens is 2. The first-order chi connectivity index (χ1) is 9.99. The summed E-state index contributed by atoms with van der Waals surface area (Å²) in [7, 11) is 0. The lowest BCUT2D eigenvalue weighted by molar-refractivity contribution is 0.449. The maximum atomic E-state index is 13.8. The second-order valence-electron chi connectivity index (χ2n) is 4.35. The van der Waals surface area contributed by atoms with Crippen molar-refractivity contribution in [2.75, 3.05) is 0 Å². The first kappa shape index (κ1) is 13.2. The molecule has 0 aliphatic carbocycles. The van der Waals surface area contributed by atoms with E-state index in [1.54, 1.807) is 0 Å². The molecule has 0 radical (unpaired) electrons. The fourth-order valence-electron chi connectivity index (χ4n) is 2.07. The SMILES string of the molecule is O=c1[nH]cnc2c(O)cc(-c3ccc(F)c(F)c3F)cc12. The highest BCUT2D eigenvalue weighted by Crippen LogP contribution is 2.31. The van der Waals surface area contributed by atoms with E-state index in [1.807, 2.05) is 0 Å². The Kier molecular flexibility index (Phi) is 2.90. The maximum Gasteiger partial charge on any atom is 0.258 e. The molecule has 1 heterocycles. The molecule has 0 saturated heterocycles. The van der Waals surface area contributed by atoms with Gasteiger partial charge >= 0.3 is 0 Å². The standard InChI is InChI=1S/C14H7F3N2O2/c15-9-2-1-7(11(16)12(9)17)6-3-8-13(10(20)4-6)18-5-19-14(8)21/h1-5,20H,(H,18,19,21). The predicted octanol–water partition coefficient (Wildman–Crippen LogP) is 2.71. The molecule has 3 rings (SSSR count). The average Bonchev–Trinajstić information content (AvgIpc) is 2.46. The number of aromatic amines is 1. The topological polar surface area (TPSA) is 66.0 Å². The van der Waals surface area contributed by atoms with Crippen molar-refractivity contribution in [2.45, 2.75) is 0 Å².